The smallest absolute Gasteiger partial charge is 0.256 e. The van der Waals surface area contributed by atoms with Gasteiger partial charge in [0, 0.05) is 26.9 Å². The van der Waals surface area contributed by atoms with Crippen molar-refractivity contribution in [3.63, 3.8) is 0 Å². The second kappa shape index (κ2) is 15.7. The topological polar surface area (TPSA) is 12.5 Å². The number of hydrogen-bond donors (Lipinski definition) is 0. The maximum absolute atomic E-state index is 6.70. The number of benzene rings is 10. The molecular weight excluding hydrogens is 850 g/mol. The number of nitrogens with zero attached hydrogens (tertiary/aromatic N) is 1. The van der Waals surface area contributed by atoms with Gasteiger partial charge in [0.05, 0.1) is 0 Å². The fraction of sp³-hybridized carbons (Fsp3) is 0. The van der Waals surface area contributed by atoms with Crippen molar-refractivity contribution in [1.82, 2.24) is 0 Å². The standard InChI is InChI=1S/C60H42BNOSSi2/c1-6-22-43(23-7-1)65(44-24-8-2-9-25-44,45-26-10-3-11-27-45)48-40-41-51-58(42-48)66(46-28-12-4-13-29-46,47-30-14-5-15-31-47)57-39-19-17-33-50(57)62(51)52-34-20-37-55-59(52)61-49-32-16-18-35-53(49)63-54-36-21-38-56(64-55)60(54)61/h1-42H. The van der Waals surface area contributed by atoms with Crippen LogP contribution < -0.4 is 67.5 Å². The van der Waals surface area contributed by atoms with Gasteiger partial charge in [-0.1, -0.05) is 224 Å². The maximum atomic E-state index is 6.70. The van der Waals surface area contributed by atoms with Crippen LogP contribution in [-0.2, 0) is 0 Å². The molecule has 2 nitrogen and oxygen atoms in total. The van der Waals surface area contributed by atoms with Crippen LogP contribution in [0, 0.1) is 0 Å². The predicted octanol–water partition coefficient (Wildman–Crippen LogP) is 7.31. The summed E-state index contributed by atoms with van der Waals surface area (Å²) in [7, 11) is -6.03. The highest BCUT2D eigenvalue weighted by atomic mass is 32.2. The largest absolute Gasteiger partial charge is 0.458 e. The second-order valence-corrected chi connectivity index (χ2v) is 26.1. The lowest BCUT2D eigenvalue weighted by Gasteiger charge is -2.47. The third-order valence-corrected chi connectivity index (χ3v) is 25.0. The van der Waals surface area contributed by atoms with Crippen LogP contribution in [0.25, 0.3) is 0 Å². The molecule has 0 bridgehead atoms. The molecule has 0 saturated carbocycles. The van der Waals surface area contributed by atoms with E-state index in [1.807, 2.05) is 11.8 Å². The van der Waals surface area contributed by atoms with E-state index in [-0.39, 0.29) is 6.71 Å². The maximum Gasteiger partial charge on any atom is 0.256 e. The van der Waals surface area contributed by atoms with Gasteiger partial charge in [-0.25, -0.2) is 0 Å². The Kier molecular flexibility index (Phi) is 9.27. The van der Waals surface area contributed by atoms with Crippen LogP contribution in [0.4, 0.5) is 17.1 Å². The Morgan fingerprint density at radius 3 is 1.50 bits per heavy atom. The van der Waals surface area contributed by atoms with E-state index in [2.05, 4.69) is 260 Å². The quantitative estimate of drug-likeness (QED) is 0.123. The average Bonchev–Trinajstić information content (AvgIpc) is 3.39. The van der Waals surface area contributed by atoms with Crippen LogP contribution >= 0.6 is 11.8 Å². The molecule has 0 N–H and O–H groups in total. The zero-order chi connectivity index (χ0) is 43.7. The van der Waals surface area contributed by atoms with Crippen LogP contribution in [0.15, 0.2) is 265 Å². The highest BCUT2D eigenvalue weighted by Gasteiger charge is 2.52. The second-order valence-electron chi connectivity index (χ2n) is 17.4. The Morgan fingerprint density at radius 1 is 0.379 bits per heavy atom. The molecule has 10 aromatic rings. The van der Waals surface area contributed by atoms with E-state index in [0.717, 1.165) is 11.5 Å². The molecule has 0 fully saturated rings. The van der Waals surface area contributed by atoms with Gasteiger partial charge in [0.2, 0.25) is 0 Å². The Morgan fingerprint density at radius 2 is 0.864 bits per heavy atom. The van der Waals surface area contributed by atoms with Gasteiger partial charge in [-0.05, 0) is 100 Å². The first-order valence-electron chi connectivity index (χ1n) is 22.8. The third kappa shape index (κ3) is 5.69. The molecule has 0 atom stereocenters. The summed E-state index contributed by atoms with van der Waals surface area (Å²) in [6, 6.07) is 96.1. The first-order valence-corrected chi connectivity index (χ1v) is 27.6. The van der Waals surface area contributed by atoms with Crippen LogP contribution in [0.1, 0.15) is 0 Å². The molecule has 0 unspecified atom stereocenters. The third-order valence-electron chi connectivity index (χ3n) is 14.2. The van der Waals surface area contributed by atoms with Crippen molar-refractivity contribution < 1.29 is 4.74 Å². The van der Waals surface area contributed by atoms with Gasteiger partial charge >= 0.3 is 0 Å². The molecule has 3 aliphatic rings. The summed E-state index contributed by atoms with van der Waals surface area (Å²) in [5, 5.41) is 11.0. The van der Waals surface area contributed by atoms with Gasteiger partial charge in [-0.2, -0.15) is 0 Å². The Balaban J connectivity index is 1.17. The summed E-state index contributed by atoms with van der Waals surface area (Å²) < 4.78 is 6.70. The molecule has 3 aliphatic heterocycles. The summed E-state index contributed by atoms with van der Waals surface area (Å²) in [6.45, 7) is -0.00930. The Bertz CT molecular complexity index is 3300. The van der Waals surface area contributed by atoms with E-state index in [1.165, 1.54) is 84.7 Å². The highest BCUT2D eigenvalue weighted by molar-refractivity contribution is 8.00. The molecule has 0 spiro atoms. The number of hydrogen-bond acceptors (Lipinski definition) is 3. The van der Waals surface area contributed by atoms with Crippen LogP contribution in [0.2, 0.25) is 0 Å². The number of rotatable bonds is 7. The van der Waals surface area contributed by atoms with Crippen molar-refractivity contribution in [3.05, 3.63) is 255 Å². The molecular formula is C60H42BNOSSi2. The molecule has 13 rings (SSSR count). The van der Waals surface area contributed by atoms with Crippen molar-refractivity contribution in [2.75, 3.05) is 4.90 Å². The lowest BCUT2D eigenvalue weighted by atomic mass is 9.35. The summed E-state index contributed by atoms with van der Waals surface area (Å²) in [6.07, 6.45) is 0. The minimum Gasteiger partial charge on any atom is -0.458 e. The SMILES string of the molecule is c1ccc([Si](c2ccccc2)(c2ccccc2)c2ccc3c(c2)[Si](c2ccccc2)(c2ccccc2)c2ccccc2N3c2cccc3c2B2c4ccccc4Oc4cccc(c42)S3)cc1. The molecule has 0 aromatic heterocycles. The van der Waals surface area contributed by atoms with Crippen LogP contribution in [-0.4, -0.2) is 22.9 Å². The zero-order valence-corrected chi connectivity index (χ0v) is 38.9. The molecule has 0 aliphatic carbocycles. The molecule has 0 saturated heterocycles. The van der Waals surface area contributed by atoms with Gasteiger partial charge in [-0.15, -0.1) is 0 Å². The summed E-state index contributed by atoms with van der Waals surface area (Å²) in [4.78, 5) is 5.16. The van der Waals surface area contributed by atoms with E-state index in [1.54, 1.807) is 0 Å². The van der Waals surface area contributed by atoms with E-state index in [0.29, 0.717) is 0 Å². The molecule has 10 aromatic carbocycles. The van der Waals surface area contributed by atoms with Gasteiger partial charge in [-0.3, -0.25) is 0 Å². The monoisotopic (exact) mass is 891 g/mol. The van der Waals surface area contributed by atoms with Crippen molar-refractivity contribution in [2.24, 2.45) is 0 Å². The number of anilines is 3. The number of fused-ring (bicyclic) bond motifs is 6. The highest BCUT2D eigenvalue weighted by Crippen LogP contribution is 2.43. The van der Waals surface area contributed by atoms with Gasteiger partial charge in [0.25, 0.3) is 6.71 Å². The predicted molar refractivity (Wildman–Crippen MR) is 284 cm³/mol. The fourth-order valence-electron chi connectivity index (χ4n) is 11.6. The molecule has 0 amide bonds. The number of para-hydroxylation sites is 2. The Labute approximate surface area is 393 Å². The van der Waals surface area contributed by atoms with E-state index in [9.17, 15) is 0 Å². The lowest BCUT2D eigenvalue weighted by Crippen LogP contribution is -2.79. The summed E-state index contributed by atoms with van der Waals surface area (Å²) >= 11 is 1.86. The fourth-order valence-corrected chi connectivity index (χ4v) is 22.8. The summed E-state index contributed by atoms with van der Waals surface area (Å²) in [5.74, 6) is 1.87. The minimum absolute atomic E-state index is 0.00930. The van der Waals surface area contributed by atoms with Crippen LogP contribution in [0.5, 0.6) is 11.5 Å². The van der Waals surface area contributed by atoms with Crippen molar-refractivity contribution in [2.45, 2.75) is 9.79 Å². The number of ether oxygens (including phenoxy) is 1. The van der Waals surface area contributed by atoms with Gasteiger partial charge in [0.15, 0.2) is 16.1 Å². The molecule has 310 valence electrons. The normalized spacial score (nSPS) is 13.9. The van der Waals surface area contributed by atoms with E-state index < -0.39 is 16.1 Å². The van der Waals surface area contributed by atoms with Crippen molar-refractivity contribution in [3.8, 4) is 11.5 Å². The molecule has 66 heavy (non-hydrogen) atoms. The average molecular weight is 892 g/mol. The molecule has 3 heterocycles. The van der Waals surface area contributed by atoms with Gasteiger partial charge in [0.1, 0.15) is 11.5 Å². The molecule has 0 radical (unpaired) electrons. The minimum atomic E-state index is -3.08. The van der Waals surface area contributed by atoms with E-state index in [4.69, 9.17) is 4.74 Å². The lowest BCUT2D eigenvalue weighted by molar-refractivity contribution is 0.486. The molecule has 6 heteroatoms. The first-order chi connectivity index (χ1) is 32.8. The van der Waals surface area contributed by atoms with E-state index >= 15 is 0 Å². The van der Waals surface area contributed by atoms with Crippen molar-refractivity contribution >= 4 is 110 Å². The first kappa shape index (κ1) is 39.1. The van der Waals surface area contributed by atoms with Crippen LogP contribution in [0.3, 0.4) is 0 Å². The Hall–Kier alpha value is -7.35. The zero-order valence-electron chi connectivity index (χ0n) is 36.1. The van der Waals surface area contributed by atoms with Gasteiger partial charge < -0.3 is 9.64 Å². The summed E-state index contributed by atoms with van der Waals surface area (Å²) in [5.41, 5.74) is 7.43. The van der Waals surface area contributed by atoms with Crippen molar-refractivity contribution in [1.29, 1.82) is 0 Å².